The maximum absolute atomic E-state index is 11.8. The molecule has 0 aliphatic carbocycles. The summed E-state index contributed by atoms with van der Waals surface area (Å²) in [5.41, 5.74) is 7.21. The lowest BCUT2D eigenvalue weighted by Crippen LogP contribution is -2.49. The van der Waals surface area contributed by atoms with Gasteiger partial charge in [0.2, 0.25) is 0 Å². The van der Waals surface area contributed by atoms with Crippen LogP contribution in [0, 0.1) is 0 Å². The van der Waals surface area contributed by atoms with Crippen LogP contribution in [0.5, 0.6) is 0 Å². The van der Waals surface area contributed by atoms with E-state index < -0.39 is 25.5 Å². The first-order chi connectivity index (χ1) is 9.72. The third kappa shape index (κ3) is 3.47. The molecule has 5 heteroatoms. The molecular weight excluding hydrogens is 253 g/mol. The van der Waals surface area contributed by atoms with Crippen molar-refractivity contribution in [1.82, 2.24) is 0 Å². The van der Waals surface area contributed by atoms with Crippen molar-refractivity contribution in [1.29, 1.82) is 0 Å². The summed E-state index contributed by atoms with van der Waals surface area (Å²) >= 11 is 0. The summed E-state index contributed by atoms with van der Waals surface area (Å²) in [5, 5.41) is 8.93. The van der Waals surface area contributed by atoms with Gasteiger partial charge in [-0.1, -0.05) is 60.7 Å². The molecule has 0 radical (unpaired) electrons. The Hall–Kier alpha value is -2.11. The predicted octanol–water partition coefficient (Wildman–Crippen LogP) is -0.345. The van der Waals surface area contributed by atoms with Gasteiger partial charge in [0, 0.05) is 0 Å². The van der Waals surface area contributed by atoms with E-state index in [1.165, 1.54) is 0 Å². The van der Waals surface area contributed by atoms with Crippen molar-refractivity contribution in [2.24, 2.45) is 5.73 Å². The Bertz CT molecular complexity index is 508. The standard InChI is InChI=1S/C15H16BNO3/c17-14(11-18)15(19)20-16(12-7-3-1-4-8-12)13-9-5-2-6-10-13/h1-10,14,18H,11,17H2/t14-/m1/s1. The third-order valence-electron chi connectivity index (χ3n) is 2.94. The summed E-state index contributed by atoms with van der Waals surface area (Å²) in [6.45, 7) is -0.961. The Morgan fingerprint density at radius 2 is 1.50 bits per heavy atom. The Balaban J connectivity index is 2.28. The second-order valence-corrected chi connectivity index (χ2v) is 4.43. The average molecular weight is 269 g/mol. The molecule has 0 saturated heterocycles. The first-order valence-electron chi connectivity index (χ1n) is 6.39. The monoisotopic (exact) mass is 269 g/mol. The van der Waals surface area contributed by atoms with Crippen LogP contribution in [0.4, 0.5) is 0 Å². The number of aliphatic hydroxyl groups is 1. The maximum Gasteiger partial charge on any atom is 0.429 e. The quantitative estimate of drug-likeness (QED) is 0.728. The molecular formula is C15H16BNO3. The molecule has 2 aromatic rings. The highest BCUT2D eigenvalue weighted by Crippen LogP contribution is 1.97. The van der Waals surface area contributed by atoms with Gasteiger partial charge in [0.15, 0.2) is 0 Å². The highest BCUT2D eigenvalue weighted by atomic mass is 16.5. The highest BCUT2D eigenvalue weighted by molar-refractivity contribution is 6.81. The van der Waals surface area contributed by atoms with Crippen molar-refractivity contribution in [2.75, 3.05) is 6.61 Å². The van der Waals surface area contributed by atoms with Crippen molar-refractivity contribution in [3.63, 3.8) is 0 Å². The normalized spacial score (nSPS) is 11.7. The summed E-state index contributed by atoms with van der Waals surface area (Å²) in [7, 11) is 0. The van der Waals surface area contributed by atoms with Crippen LogP contribution in [-0.4, -0.2) is 30.6 Å². The van der Waals surface area contributed by atoms with E-state index in [9.17, 15) is 4.79 Å². The van der Waals surface area contributed by atoms with Crippen LogP contribution in [0.3, 0.4) is 0 Å². The topological polar surface area (TPSA) is 72.5 Å². The number of aliphatic hydroxyl groups excluding tert-OH is 1. The van der Waals surface area contributed by atoms with E-state index in [0.717, 1.165) is 10.9 Å². The first-order valence-corrected chi connectivity index (χ1v) is 6.39. The summed E-state index contributed by atoms with van der Waals surface area (Å²) in [6.07, 6.45) is 0. The van der Waals surface area contributed by atoms with Crippen LogP contribution in [0.1, 0.15) is 0 Å². The van der Waals surface area contributed by atoms with Gasteiger partial charge in [-0.15, -0.1) is 0 Å². The van der Waals surface area contributed by atoms with E-state index in [2.05, 4.69) is 0 Å². The van der Waals surface area contributed by atoms with Crippen molar-refractivity contribution in [3.05, 3.63) is 60.7 Å². The van der Waals surface area contributed by atoms with Gasteiger partial charge in [0.25, 0.3) is 0 Å². The summed E-state index contributed by atoms with van der Waals surface area (Å²) in [5.74, 6) is -0.620. The molecule has 2 aromatic carbocycles. The second kappa shape index (κ2) is 6.89. The first kappa shape index (κ1) is 14.3. The summed E-state index contributed by atoms with van der Waals surface area (Å²) in [4.78, 5) is 11.8. The van der Waals surface area contributed by atoms with Gasteiger partial charge in [-0.3, -0.25) is 4.79 Å². The minimum absolute atomic E-state index is 0.435. The molecule has 0 spiro atoms. The lowest BCUT2D eigenvalue weighted by atomic mass is 9.55. The summed E-state index contributed by atoms with van der Waals surface area (Å²) in [6, 6.07) is 17.8. The van der Waals surface area contributed by atoms with E-state index in [1.807, 2.05) is 60.7 Å². The smallest absolute Gasteiger partial charge is 0.429 e. The second-order valence-electron chi connectivity index (χ2n) is 4.43. The Morgan fingerprint density at radius 1 is 1.05 bits per heavy atom. The molecule has 0 aromatic heterocycles. The molecule has 0 bridgehead atoms. The largest absolute Gasteiger partial charge is 0.525 e. The molecule has 1 atom stereocenters. The minimum atomic E-state index is -1.02. The molecule has 0 heterocycles. The molecule has 3 N–H and O–H groups in total. The Labute approximate surface area is 118 Å². The maximum atomic E-state index is 11.8. The third-order valence-corrected chi connectivity index (χ3v) is 2.94. The molecule has 0 amide bonds. The van der Waals surface area contributed by atoms with Crippen LogP contribution < -0.4 is 16.7 Å². The van der Waals surface area contributed by atoms with E-state index in [-0.39, 0.29) is 0 Å². The number of nitrogens with two attached hydrogens (primary N) is 1. The van der Waals surface area contributed by atoms with E-state index in [4.69, 9.17) is 15.5 Å². The van der Waals surface area contributed by atoms with Crippen LogP contribution in [0.2, 0.25) is 0 Å². The summed E-state index contributed by atoms with van der Waals surface area (Å²) < 4.78 is 5.45. The molecule has 0 aliphatic rings. The van der Waals surface area contributed by atoms with E-state index >= 15 is 0 Å². The van der Waals surface area contributed by atoms with Crippen LogP contribution in [-0.2, 0) is 9.45 Å². The molecule has 4 nitrogen and oxygen atoms in total. The van der Waals surface area contributed by atoms with Crippen molar-refractivity contribution in [2.45, 2.75) is 6.04 Å². The lowest BCUT2D eigenvalue weighted by Gasteiger charge is -2.17. The van der Waals surface area contributed by atoms with Crippen LogP contribution in [0.15, 0.2) is 60.7 Å². The van der Waals surface area contributed by atoms with E-state index in [0.29, 0.717) is 0 Å². The fraction of sp³-hybridized carbons (Fsp3) is 0.133. The SMILES string of the molecule is N[C@H](CO)C(=O)OB(c1ccccc1)c1ccccc1. The zero-order valence-electron chi connectivity index (χ0n) is 11.0. The van der Waals surface area contributed by atoms with Crippen molar-refractivity contribution >= 4 is 23.8 Å². The van der Waals surface area contributed by atoms with Gasteiger partial charge < -0.3 is 15.5 Å². The number of rotatable bonds is 5. The van der Waals surface area contributed by atoms with Crippen molar-refractivity contribution < 1.29 is 14.6 Å². The van der Waals surface area contributed by atoms with Crippen LogP contribution >= 0.6 is 0 Å². The average Bonchev–Trinajstić information content (AvgIpc) is 2.53. The van der Waals surface area contributed by atoms with Gasteiger partial charge in [0.1, 0.15) is 6.04 Å². The Morgan fingerprint density at radius 3 is 1.90 bits per heavy atom. The van der Waals surface area contributed by atoms with Gasteiger partial charge in [-0.2, -0.15) is 0 Å². The predicted molar refractivity (Wildman–Crippen MR) is 79.1 cm³/mol. The zero-order chi connectivity index (χ0) is 14.4. The minimum Gasteiger partial charge on any atom is -0.525 e. The van der Waals surface area contributed by atoms with E-state index in [1.54, 1.807) is 0 Å². The Kier molecular flexibility index (Phi) is 4.93. The van der Waals surface area contributed by atoms with Crippen LogP contribution in [0.25, 0.3) is 0 Å². The van der Waals surface area contributed by atoms with Gasteiger partial charge in [0.05, 0.1) is 6.61 Å². The highest BCUT2D eigenvalue weighted by Gasteiger charge is 2.27. The number of carbonyl (C=O) groups is 1. The number of hydrogen-bond acceptors (Lipinski definition) is 4. The fourth-order valence-corrected chi connectivity index (χ4v) is 1.86. The zero-order valence-corrected chi connectivity index (χ0v) is 11.0. The van der Waals surface area contributed by atoms with Gasteiger partial charge in [-0.05, 0) is 10.9 Å². The number of carbonyl (C=O) groups excluding carboxylic acids is 1. The molecule has 0 saturated carbocycles. The van der Waals surface area contributed by atoms with Gasteiger partial charge in [-0.25, -0.2) is 0 Å². The van der Waals surface area contributed by atoms with Gasteiger partial charge >= 0.3 is 12.9 Å². The number of hydrogen-bond donors (Lipinski definition) is 2. The molecule has 0 unspecified atom stereocenters. The molecule has 0 aliphatic heterocycles. The molecule has 102 valence electrons. The number of benzene rings is 2. The molecule has 20 heavy (non-hydrogen) atoms. The lowest BCUT2D eigenvalue weighted by molar-refractivity contribution is -0.136. The fourth-order valence-electron chi connectivity index (χ4n) is 1.86. The van der Waals surface area contributed by atoms with Crippen molar-refractivity contribution in [3.8, 4) is 0 Å². The molecule has 0 fully saturated rings. The molecule has 2 rings (SSSR count).